The Kier molecular flexibility index (Phi) is 3.34. The van der Waals surface area contributed by atoms with Gasteiger partial charge in [-0.3, -0.25) is 10.1 Å². The molecule has 3 rings (SSSR count). The summed E-state index contributed by atoms with van der Waals surface area (Å²) in [7, 11) is 0. The van der Waals surface area contributed by atoms with Crippen molar-refractivity contribution in [2.45, 2.75) is 76.7 Å². The molecule has 0 aromatic rings. The van der Waals surface area contributed by atoms with E-state index in [2.05, 4.69) is 24.1 Å². The fraction of sp³-hybridized carbons (Fsp3) is 0.933. The van der Waals surface area contributed by atoms with Crippen LogP contribution in [0, 0.1) is 5.92 Å². The largest absolute Gasteiger partial charge is 0.378 e. The van der Waals surface area contributed by atoms with Gasteiger partial charge in [0.1, 0.15) is 0 Å². The van der Waals surface area contributed by atoms with E-state index in [1.165, 1.54) is 0 Å². The molecule has 1 amide bonds. The van der Waals surface area contributed by atoms with Crippen LogP contribution >= 0.6 is 0 Å². The van der Waals surface area contributed by atoms with E-state index in [0.717, 1.165) is 38.7 Å². The maximum atomic E-state index is 12.6. The van der Waals surface area contributed by atoms with E-state index < -0.39 is 0 Å². The van der Waals surface area contributed by atoms with Crippen molar-refractivity contribution < 1.29 is 9.53 Å². The first-order valence-corrected chi connectivity index (χ1v) is 7.78. The Hall–Kier alpha value is -0.610. The van der Waals surface area contributed by atoms with Crippen molar-refractivity contribution in [2.24, 2.45) is 5.92 Å². The van der Waals surface area contributed by atoms with Crippen LogP contribution in [0.1, 0.15) is 52.9 Å². The third kappa shape index (κ3) is 2.29. The van der Waals surface area contributed by atoms with Crippen molar-refractivity contribution in [1.29, 1.82) is 0 Å². The minimum atomic E-state index is -0.170. The van der Waals surface area contributed by atoms with E-state index in [4.69, 9.17) is 4.74 Å². The van der Waals surface area contributed by atoms with Crippen molar-refractivity contribution in [3.63, 3.8) is 0 Å². The van der Waals surface area contributed by atoms with Gasteiger partial charge in [0, 0.05) is 12.6 Å². The normalized spacial score (nSPS) is 36.1. The van der Waals surface area contributed by atoms with E-state index in [1.807, 2.05) is 6.92 Å². The highest BCUT2D eigenvalue weighted by atomic mass is 16.5. The molecule has 0 aromatic heterocycles. The number of ether oxygens (including phenoxy) is 1. The molecule has 19 heavy (non-hydrogen) atoms. The first kappa shape index (κ1) is 13.4. The molecule has 3 fully saturated rings. The molecule has 1 N–H and O–H groups in total. The summed E-state index contributed by atoms with van der Waals surface area (Å²) in [5, 5.41) is 3.60. The Morgan fingerprint density at radius 1 is 1.42 bits per heavy atom. The molecule has 1 atom stereocenters. The zero-order valence-electron chi connectivity index (χ0n) is 12.3. The van der Waals surface area contributed by atoms with Crippen molar-refractivity contribution in [3.05, 3.63) is 0 Å². The molecule has 1 unspecified atom stereocenters. The first-order valence-electron chi connectivity index (χ1n) is 7.78. The molecule has 1 heterocycles. The lowest BCUT2D eigenvalue weighted by molar-refractivity contribution is -0.139. The molecule has 2 saturated carbocycles. The molecule has 2 aliphatic carbocycles. The summed E-state index contributed by atoms with van der Waals surface area (Å²) in [5.74, 6) is 0.975. The van der Waals surface area contributed by atoms with Crippen LogP contribution in [0.3, 0.4) is 0 Å². The number of nitrogens with zero attached hydrogens (tertiary/aromatic N) is 1. The highest BCUT2D eigenvalue weighted by Crippen LogP contribution is 2.46. The van der Waals surface area contributed by atoms with E-state index in [-0.39, 0.29) is 11.7 Å². The van der Waals surface area contributed by atoms with Gasteiger partial charge in [-0.05, 0) is 44.9 Å². The van der Waals surface area contributed by atoms with Crippen LogP contribution in [0.5, 0.6) is 0 Å². The quantitative estimate of drug-likeness (QED) is 0.826. The lowest BCUT2D eigenvalue weighted by atomic mass is 9.87. The van der Waals surface area contributed by atoms with Crippen LogP contribution in [-0.2, 0) is 9.53 Å². The van der Waals surface area contributed by atoms with Crippen molar-refractivity contribution >= 4 is 5.91 Å². The Bertz CT molecular complexity index is 359. The van der Waals surface area contributed by atoms with Crippen LogP contribution in [0.15, 0.2) is 0 Å². The molecule has 0 bridgehead atoms. The van der Waals surface area contributed by atoms with Gasteiger partial charge in [-0.2, -0.15) is 0 Å². The molecule has 1 aliphatic heterocycles. The second kappa shape index (κ2) is 4.74. The molecule has 4 heteroatoms. The van der Waals surface area contributed by atoms with E-state index in [0.29, 0.717) is 24.0 Å². The monoisotopic (exact) mass is 266 g/mol. The highest BCUT2D eigenvalue weighted by molar-refractivity contribution is 5.92. The minimum absolute atomic E-state index is 0.170. The third-order valence-corrected chi connectivity index (χ3v) is 4.73. The third-order valence-electron chi connectivity index (χ3n) is 4.73. The summed E-state index contributed by atoms with van der Waals surface area (Å²) < 4.78 is 5.63. The zero-order valence-corrected chi connectivity index (χ0v) is 12.3. The molecule has 4 nitrogen and oxygen atoms in total. The lowest BCUT2D eigenvalue weighted by Gasteiger charge is -2.43. The van der Waals surface area contributed by atoms with Crippen LogP contribution < -0.4 is 5.32 Å². The lowest BCUT2D eigenvalue weighted by Crippen LogP contribution is -2.53. The van der Waals surface area contributed by atoms with Crippen LogP contribution in [0.2, 0.25) is 0 Å². The Morgan fingerprint density at radius 2 is 2.11 bits per heavy atom. The molecule has 0 aromatic carbocycles. The summed E-state index contributed by atoms with van der Waals surface area (Å²) in [5.41, 5.74) is -0.170. The number of hydrogen-bond acceptors (Lipinski definition) is 3. The number of nitrogens with one attached hydrogen (secondary N) is 1. The molecule has 1 spiro atoms. The summed E-state index contributed by atoms with van der Waals surface area (Å²) in [6, 6.07) is 0.403. The fourth-order valence-corrected chi connectivity index (χ4v) is 3.50. The summed E-state index contributed by atoms with van der Waals surface area (Å²) in [6.07, 6.45) is 5.78. The Morgan fingerprint density at radius 3 is 2.63 bits per heavy atom. The van der Waals surface area contributed by atoms with Gasteiger partial charge in [0.2, 0.25) is 5.91 Å². The summed E-state index contributed by atoms with van der Waals surface area (Å²) in [4.78, 5) is 14.8. The maximum Gasteiger partial charge on any atom is 0.244 e. The van der Waals surface area contributed by atoms with E-state index in [1.54, 1.807) is 0 Å². The second-order valence-electron chi connectivity index (χ2n) is 6.79. The number of hydrogen-bond donors (Lipinski definition) is 1. The molecule has 3 aliphatic rings. The Balaban J connectivity index is 1.65. The van der Waals surface area contributed by atoms with Crippen LogP contribution in [0.25, 0.3) is 0 Å². The Labute approximate surface area is 115 Å². The fourth-order valence-electron chi connectivity index (χ4n) is 3.50. The standard InChI is InChI=1S/C15H26N2O2/c1-4-19-12-8-11(9-12)17-13(7-10(2)3)16-15(5-6-15)14(17)18/h10-13,16H,4-9H2,1-3H3. The SMILES string of the molecule is CCOC1CC(N2C(=O)C3(CC3)NC2CC(C)C)C1. The van der Waals surface area contributed by atoms with Crippen molar-refractivity contribution in [2.75, 3.05) is 6.61 Å². The van der Waals surface area contributed by atoms with Gasteiger partial charge >= 0.3 is 0 Å². The topological polar surface area (TPSA) is 41.6 Å². The predicted octanol–water partition coefficient (Wildman–Crippen LogP) is 1.89. The molecular weight excluding hydrogens is 240 g/mol. The van der Waals surface area contributed by atoms with Crippen LogP contribution in [-0.4, -0.2) is 41.3 Å². The maximum absolute atomic E-state index is 12.6. The van der Waals surface area contributed by atoms with E-state index in [9.17, 15) is 4.79 Å². The van der Waals surface area contributed by atoms with Gasteiger partial charge in [-0.1, -0.05) is 13.8 Å². The van der Waals surface area contributed by atoms with Gasteiger partial charge in [0.05, 0.1) is 17.8 Å². The molecule has 108 valence electrons. The number of carbonyl (C=O) groups excluding carboxylic acids is 1. The molecule has 0 radical (unpaired) electrons. The number of rotatable bonds is 5. The summed E-state index contributed by atoms with van der Waals surface area (Å²) in [6.45, 7) is 7.28. The molecular formula is C15H26N2O2. The number of carbonyl (C=O) groups is 1. The van der Waals surface area contributed by atoms with Gasteiger partial charge in [0.15, 0.2) is 0 Å². The first-order chi connectivity index (χ1) is 9.05. The molecule has 1 saturated heterocycles. The van der Waals surface area contributed by atoms with Gasteiger partial charge in [-0.25, -0.2) is 0 Å². The van der Waals surface area contributed by atoms with Gasteiger partial charge in [0.25, 0.3) is 0 Å². The van der Waals surface area contributed by atoms with Crippen LogP contribution in [0.4, 0.5) is 0 Å². The predicted molar refractivity (Wildman–Crippen MR) is 73.6 cm³/mol. The van der Waals surface area contributed by atoms with Gasteiger partial charge < -0.3 is 9.64 Å². The zero-order chi connectivity index (χ0) is 13.6. The van der Waals surface area contributed by atoms with Gasteiger partial charge in [-0.15, -0.1) is 0 Å². The van der Waals surface area contributed by atoms with Crippen molar-refractivity contribution in [1.82, 2.24) is 10.2 Å². The second-order valence-corrected chi connectivity index (χ2v) is 6.79. The smallest absolute Gasteiger partial charge is 0.244 e. The number of amides is 1. The highest BCUT2D eigenvalue weighted by Gasteiger charge is 2.61. The summed E-state index contributed by atoms with van der Waals surface area (Å²) >= 11 is 0. The van der Waals surface area contributed by atoms with E-state index >= 15 is 0 Å². The minimum Gasteiger partial charge on any atom is -0.378 e. The average Bonchev–Trinajstić information content (AvgIpc) is 3.00. The average molecular weight is 266 g/mol. The van der Waals surface area contributed by atoms with Crippen molar-refractivity contribution in [3.8, 4) is 0 Å².